The van der Waals surface area contributed by atoms with Crippen molar-refractivity contribution >= 4 is 46.2 Å². The van der Waals surface area contributed by atoms with Crippen molar-refractivity contribution in [3.8, 4) is 0 Å². The summed E-state index contributed by atoms with van der Waals surface area (Å²) in [4.78, 5) is 62.2. The summed E-state index contributed by atoms with van der Waals surface area (Å²) in [7, 11) is 2.78. The Balaban J connectivity index is 0.000000442. The number of hydrogen-bond donors (Lipinski definition) is 2. The molecule has 1 aliphatic rings. The van der Waals surface area contributed by atoms with Gasteiger partial charge in [-0.2, -0.15) is 0 Å². The van der Waals surface area contributed by atoms with E-state index in [4.69, 9.17) is 19.8 Å². The van der Waals surface area contributed by atoms with E-state index >= 15 is 0 Å². The summed E-state index contributed by atoms with van der Waals surface area (Å²) in [5.41, 5.74) is 1.87. The molecule has 3 rings (SSSR count). The summed E-state index contributed by atoms with van der Waals surface area (Å²) in [6, 6.07) is 6.18. The SMILES string of the molecule is C=C/C(O)=C(\C=C/CC)c1nc(N2CCN(C(=O)CCCC(C)C)CC2)c2ccc(C)cc2n1.CN(CC(=O)O)C(=O)CN(C)C(=O)OC(C)(C)C. The zero-order valence-electron chi connectivity index (χ0n) is 32.4. The van der Waals surface area contributed by atoms with Crippen LogP contribution in [0.4, 0.5) is 10.6 Å². The normalized spacial score (nSPS) is 13.7. The van der Waals surface area contributed by atoms with Gasteiger partial charge in [-0.25, -0.2) is 14.8 Å². The van der Waals surface area contributed by atoms with Gasteiger partial charge in [0.1, 0.15) is 30.3 Å². The minimum absolute atomic E-state index is 0.0551. The molecule has 3 amide bonds. The number of carbonyl (C=O) groups is 4. The van der Waals surface area contributed by atoms with E-state index in [1.54, 1.807) is 20.8 Å². The molecule has 0 aliphatic carbocycles. The summed E-state index contributed by atoms with van der Waals surface area (Å²) in [6.07, 6.45) is 8.11. The number of anilines is 1. The second kappa shape index (κ2) is 20.2. The first kappa shape index (κ1) is 43.2. The number of nitrogens with zero attached hydrogens (tertiary/aromatic N) is 6. The maximum atomic E-state index is 12.7. The van der Waals surface area contributed by atoms with Crippen molar-refractivity contribution in [1.29, 1.82) is 0 Å². The largest absolute Gasteiger partial charge is 0.507 e. The van der Waals surface area contributed by atoms with Crippen LogP contribution in [0.1, 0.15) is 78.6 Å². The average molecular weight is 723 g/mol. The number of fused-ring (bicyclic) bond motifs is 1. The number of hydrogen-bond acceptors (Lipinski definition) is 9. The highest BCUT2D eigenvalue weighted by Crippen LogP contribution is 2.29. The van der Waals surface area contributed by atoms with Crippen LogP contribution in [0.5, 0.6) is 0 Å². The number of allylic oxidation sites excluding steroid dienone is 4. The van der Waals surface area contributed by atoms with Gasteiger partial charge < -0.3 is 34.5 Å². The van der Waals surface area contributed by atoms with E-state index in [-0.39, 0.29) is 18.2 Å². The quantitative estimate of drug-likeness (QED) is 0.179. The summed E-state index contributed by atoms with van der Waals surface area (Å²) in [6.45, 7) is 19.5. The Morgan fingerprint density at radius 2 is 1.67 bits per heavy atom. The van der Waals surface area contributed by atoms with Gasteiger partial charge >= 0.3 is 12.1 Å². The molecule has 52 heavy (non-hydrogen) atoms. The minimum atomic E-state index is -1.11. The van der Waals surface area contributed by atoms with Gasteiger partial charge in [0.2, 0.25) is 11.8 Å². The van der Waals surface area contributed by atoms with E-state index in [1.165, 1.54) is 20.2 Å². The second-order valence-electron chi connectivity index (χ2n) is 14.3. The predicted molar refractivity (Wildman–Crippen MR) is 205 cm³/mol. The molecule has 1 aromatic carbocycles. The fourth-order valence-corrected chi connectivity index (χ4v) is 5.21. The Labute approximate surface area is 308 Å². The molecule has 1 aliphatic heterocycles. The number of carboxylic acids is 1. The molecule has 0 spiro atoms. The highest BCUT2D eigenvalue weighted by Gasteiger charge is 2.25. The van der Waals surface area contributed by atoms with Crippen molar-refractivity contribution in [3.63, 3.8) is 0 Å². The molecule has 1 fully saturated rings. The molecular formula is C39H58N6O7. The second-order valence-corrected chi connectivity index (χ2v) is 14.3. The fraction of sp³-hybridized carbons (Fsp3) is 0.538. The number of amides is 3. The molecule has 13 heteroatoms. The van der Waals surface area contributed by atoms with Gasteiger partial charge in [0.05, 0.1) is 11.1 Å². The van der Waals surface area contributed by atoms with Gasteiger partial charge in [-0.3, -0.25) is 14.4 Å². The topological polar surface area (TPSA) is 157 Å². The van der Waals surface area contributed by atoms with Gasteiger partial charge in [0.25, 0.3) is 0 Å². The summed E-state index contributed by atoms with van der Waals surface area (Å²) in [5, 5.41) is 20.0. The molecule has 2 aromatic rings. The molecule has 13 nitrogen and oxygen atoms in total. The molecular weight excluding hydrogens is 664 g/mol. The van der Waals surface area contributed by atoms with E-state index < -0.39 is 30.1 Å². The number of carbonyl (C=O) groups excluding carboxylic acids is 3. The van der Waals surface area contributed by atoms with Gasteiger partial charge in [0.15, 0.2) is 5.82 Å². The van der Waals surface area contributed by atoms with Gasteiger partial charge in [-0.15, -0.1) is 0 Å². The number of aryl methyl sites for hydroxylation is 1. The molecule has 0 radical (unpaired) electrons. The summed E-state index contributed by atoms with van der Waals surface area (Å²) >= 11 is 0. The van der Waals surface area contributed by atoms with Crippen LogP contribution < -0.4 is 4.90 Å². The molecule has 0 bridgehead atoms. The highest BCUT2D eigenvalue weighted by molar-refractivity contribution is 5.92. The lowest BCUT2D eigenvalue weighted by Crippen LogP contribution is -2.49. The number of rotatable bonds is 13. The molecule has 0 unspecified atom stereocenters. The van der Waals surface area contributed by atoms with Gasteiger partial charge in [-0.05, 0) is 70.2 Å². The molecule has 2 heterocycles. The molecule has 286 valence electrons. The Morgan fingerprint density at radius 1 is 1.02 bits per heavy atom. The number of piperazine rings is 1. The molecule has 1 aromatic heterocycles. The monoisotopic (exact) mass is 722 g/mol. The first-order chi connectivity index (χ1) is 24.4. The number of aromatic nitrogens is 2. The van der Waals surface area contributed by atoms with Crippen LogP contribution in [0, 0.1) is 12.8 Å². The number of ether oxygens (including phenoxy) is 1. The molecule has 0 atom stereocenters. The van der Waals surface area contributed by atoms with Crippen molar-refractivity contribution in [2.24, 2.45) is 5.92 Å². The summed E-state index contributed by atoms with van der Waals surface area (Å²) in [5.74, 6) is 0.666. The first-order valence-corrected chi connectivity index (χ1v) is 17.8. The van der Waals surface area contributed by atoms with Crippen LogP contribution in [0.15, 0.2) is 48.8 Å². The number of aliphatic carboxylic acids is 1. The third kappa shape index (κ3) is 14.0. The summed E-state index contributed by atoms with van der Waals surface area (Å²) < 4.78 is 5.06. The Bertz CT molecular complexity index is 1620. The van der Waals surface area contributed by atoms with E-state index in [1.807, 2.05) is 37.0 Å². The Kier molecular flexibility index (Phi) is 16.8. The van der Waals surface area contributed by atoms with Crippen molar-refractivity contribution in [3.05, 3.63) is 60.2 Å². The third-order valence-electron chi connectivity index (χ3n) is 8.04. The minimum Gasteiger partial charge on any atom is -0.507 e. The fourth-order valence-electron chi connectivity index (χ4n) is 5.21. The van der Waals surface area contributed by atoms with Crippen molar-refractivity contribution in [2.75, 3.05) is 58.3 Å². The van der Waals surface area contributed by atoms with Crippen molar-refractivity contribution in [2.45, 2.75) is 79.8 Å². The van der Waals surface area contributed by atoms with Crippen LogP contribution in [0.25, 0.3) is 16.5 Å². The lowest BCUT2D eigenvalue weighted by molar-refractivity contribution is -0.143. The maximum Gasteiger partial charge on any atom is 0.410 e. The van der Waals surface area contributed by atoms with Crippen LogP contribution in [-0.2, 0) is 19.1 Å². The molecule has 0 saturated carbocycles. The average Bonchev–Trinajstić information content (AvgIpc) is 3.06. The number of aliphatic hydroxyl groups excluding tert-OH is 1. The lowest BCUT2D eigenvalue weighted by Gasteiger charge is -2.36. The van der Waals surface area contributed by atoms with E-state index in [2.05, 4.69) is 37.5 Å². The molecule has 2 N–H and O–H groups in total. The van der Waals surface area contributed by atoms with Crippen LogP contribution in [0.3, 0.4) is 0 Å². The number of aliphatic hydroxyl groups is 1. The maximum absolute atomic E-state index is 12.7. The first-order valence-electron chi connectivity index (χ1n) is 17.8. The van der Waals surface area contributed by atoms with Crippen LogP contribution in [0.2, 0.25) is 0 Å². The Morgan fingerprint density at radius 3 is 2.23 bits per heavy atom. The van der Waals surface area contributed by atoms with Crippen molar-refractivity contribution in [1.82, 2.24) is 24.7 Å². The third-order valence-corrected chi connectivity index (χ3v) is 8.04. The smallest absolute Gasteiger partial charge is 0.410 e. The number of carboxylic acid groups (broad SMARTS) is 1. The van der Waals surface area contributed by atoms with Crippen molar-refractivity contribution < 1.29 is 34.1 Å². The van der Waals surface area contributed by atoms with E-state index in [9.17, 15) is 24.3 Å². The number of benzene rings is 1. The standard InChI is InChI=1S/C28H38N4O2.C11H20N2O5/c1-6-8-11-23(25(33)7-2)27-29-24-19-21(5)13-14-22(24)28(30-27)32-17-15-31(16-18-32)26(34)12-9-10-20(3)4;1-11(2,3)18-10(17)13(5)6-8(14)12(4)7-9(15)16/h7-8,11,13-14,19-20,33H,2,6,9-10,12,15-18H2,1,3-5H3;6-7H2,1-5H3,(H,15,16)/b11-8-,25-23-;. The number of likely N-dealkylation sites (N-methyl/N-ethyl adjacent to an activating group) is 2. The zero-order valence-corrected chi connectivity index (χ0v) is 32.4. The highest BCUT2D eigenvalue weighted by atomic mass is 16.6. The van der Waals surface area contributed by atoms with Gasteiger partial charge in [-0.1, -0.05) is 52.0 Å². The van der Waals surface area contributed by atoms with Crippen LogP contribution >= 0.6 is 0 Å². The zero-order chi connectivity index (χ0) is 39.2. The van der Waals surface area contributed by atoms with E-state index in [0.29, 0.717) is 49.9 Å². The predicted octanol–water partition coefficient (Wildman–Crippen LogP) is 6.23. The Hall–Kier alpha value is -4.94. The van der Waals surface area contributed by atoms with Crippen LogP contribution in [-0.4, -0.2) is 118 Å². The van der Waals surface area contributed by atoms with E-state index in [0.717, 1.165) is 51.3 Å². The molecule has 1 saturated heterocycles. The lowest BCUT2D eigenvalue weighted by atomic mass is 10.1. The van der Waals surface area contributed by atoms with Gasteiger partial charge in [0, 0.05) is 52.1 Å².